The molecule has 0 radical (unpaired) electrons. The van der Waals surface area contributed by atoms with Crippen LogP contribution in [0.4, 0.5) is 10.1 Å². The van der Waals surface area contributed by atoms with Crippen LogP contribution in [0.3, 0.4) is 0 Å². The normalized spacial score (nSPS) is 10.3. The molecule has 2 aromatic carbocycles. The van der Waals surface area contributed by atoms with E-state index in [1.54, 1.807) is 6.07 Å². The standard InChI is InChI=1S/C17H11BrFN3O/c18-12-6-7-14(15(19)8-12)17(23)22-13-9-20-16(21-10-13)11-4-2-1-3-5-11/h1-10H,(H,22,23). The van der Waals surface area contributed by atoms with Gasteiger partial charge in [0.2, 0.25) is 0 Å². The third kappa shape index (κ3) is 3.60. The Morgan fingerprint density at radius 2 is 1.74 bits per heavy atom. The van der Waals surface area contributed by atoms with Gasteiger partial charge in [-0.1, -0.05) is 46.3 Å². The number of nitrogens with one attached hydrogen (secondary N) is 1. The van der Waals surface area contributed by atoms with E-state index in [1.165, 1.54) is 24.5 Å². The summed E-state index contributed by atoms with van der Waals surface area (Å²) in [6.07, 6.45) is 2.98. The fourth-order valence-corrected chi connectivity index (χ4v) is 2.33. The maximum atomic E-state index is 13.8. The molecule has 0 bridgehead atoms. The van der Waals surface area contributed by atoms with Crippen LogP contribution in [0.2, 0.25) is 0 Å². The Labute approximate surface area is 140 Å². The van der Waals surface area contributed by atoms with Gasteiger partial charge in [0.05, 0.1) is 23.6 Å². The monoisotopic (exact) mass is 371 g/mol. The molecule has 1 N–H and O–H groups in total. The molecule has 23 heavy (non-hydrogen) atoms. The highest BCUT2D eigenvalue weighted by molar-refractivity contribution is 9.10. The van der Waals surface area contributed by atoms with Crippen LogP contribution in [0.25, 0.3) is 11.4 Å². The number of aromatic nitrogens is 2. The molecular weight excluding hydrogens is 361 g/mol. The summed E-state index contributed by atoms with van der Waals surface area (Å²) >= 11 is 3.15. The first-order valence-corrected chi connectivity index (χ1v) is 7.56. The van der Waals surface area contributed by atoms with E-state index < -0.39 is 11.7 Å². The van der Waals surface area contributed by atoms with E-state index in [4.69, 9.17) is 0 Å². The quantitative estimate of drug-likeness (QED) is 0.746. The molecule has 0 atom stereocenters. The van der Waals surface area contributed by atoms with Gasteiger partial charge < -0.3 is 5.32 Å². The van der Waals surface area contributed by atoms with Crippen molar-refractivity contribution >= 4 is 27.5 Å². The first kappa shape index (κ1) is 15.3. The molecule has 0 unspecified atom stereocenters. The highest BCUT2D eigenvalue weighted by Crippen LogP contribution is 2.18. The lowest BCUT2D eigenvalue weighted by Gasteiger charge is -2.06. The van der Waals surface area contributed by atoms with Crippen LogP contribution in [-0.2, 0) is 0 Å². The van der Waals surface area contributed by atoms with E-state index >= 15 is 0 Å². The van der Waals surface area contributed by atoms with Crippen molar-refractivity contribution in [1.82, 2.24) is 9.97 Å². The molecule has 0 aliphatic heterocycles. The second-order valence-electron chi connectivity index (χ2n) is 4.74. The predicted molar refractivity (Wildman–Crippen MR) is 89.5 cm³/mol. The molecule has 1 aromatic heterocycles. The summed E-state index contributed by atoms with van der Waals surface area (Å²) in [7, 11) is 0. The van der Waals surface area contributed by atoms with Crippen molar-refractivity contribution in [3.05, 3.63) is 76.8 Å². The first-order valence-electron chi connectivity index (χ1n) is 6.77. The summed E-state index contributed by atoms with van der Waals surface area (Å²) in [5.41, 5.74) is 1.24. The molecule has 3 aromatic rings. The van der Waals surface area contributed by atoms with Crippen molar-refractivity contribution in [2.75, 3.05) is 5.32 Å². The Bertz CT molecular complexity index is 838. The Kier molecular flexibility index (Phi) is 4.43. The summed E-state index contributed by atoms with van der Waals surface area (Å²) in [4.78, 5) is 20.5. The van der Waals surface area contributed by atoms with E-state index in [9.17, 15) is 9.18 Å². The van der Waals surface area contributed by atoms with Gasteiger partial charge in [-0.3, -0.25) is 4.79 Å². The van der Waals surface area contributed by atoms with Crippen LogP contribution in [0.5, 0.6) is 0 Å². The third-order valence-electron chi connectivity index (χ3n) is 3.12. The van der Waals surface area contributed by atoms with Gasteiger partial charge in [-0.25, -0.2) is 14.4 Å². The number of anilines is 1. The molecule has 0 aliphatic rings. The van der Waals surface area contributed by atoms with Gasteiger partial charge in [0, 0.05) is 10.0 Å². The largest absolute Gasteiger partial charge is 0.319 e. The van der Waals surface area contributed by atoms with E-state index in [2.05, 4.69) is 31.2 Å². The molecule has 0 saturated carbocycles. The zero-order chi connectivity index (χ0) is 16.2. The minimum absolute atomic E-state index is 0.0414. The molecule has 114 valence electrons. The minimum Gasteiger partial charge on any atom is -0.319 e. The highest BCUT2D eigenvalue weighted by atomic mass is 79.9. The lowest BCUT2D eigenvalue weighted by atomic mass is 10.2. The summed E-state index contributed by atoms with van der Waals surface area (Å²) in [5, 5.41) is 2.58. The first-order chi connectivity index (χ1) is 11.1. The molecule has 0 aliphatic carbocycles. The molecule has 1 amide bonds. The number of halogens is 2. The SMILES string of the molecule is O=C(Nc1cnc(-c2ccccc2)nc1)c1ccc(Br)cc1F. The molecule has 0 saturated heterocycles. The van der Waals surface area contributed by atoms with Crippen molar-refractivity contribution in [3.63, 3.8) is 0 Å². The van der Waals surface area contributed by atoms with Crippen LogP contribution in [0.15, 0.2) is 65.4 Å². The summed E-state index contributed by atoms with van der Waals surface area (Å²) < 4.78 is 14.3. The number of nitrogens with zero attached hydrogens (tertiary/aromatic N) is 2. The lowest BCUT2D eigenvalue weighted by Crippen LogP contribution is -2.14. The average molecular weight is 372 g/mol. The molecule has 4 nitrogen and oxygen atoms in total. The van der Waals surface area contributed by atoms with Gasteiger partial charge in [-0.05, 0) is 18.2 Å². The Morgan fingerprint density at radius 3 is 2.39 bits per heavy atom. The fraction of sp³-hybridized carbons (Fsp3) is 0. The van der Waals surface area contributed by atoms with Gasteiger partial charge in [0.25, 0.3) is 5.91 Å². The summed E-state index contributed by atoms with van der Waals surface area (Å²) in [6, 6.07) is 13.7. The van der Waals surface area contributed by atoms with Crippen LogP contribution < -0.4 is 5.32 Å². The van der Waals surface area contributed by atoms with E-state index in [0.717, 1.165) is 5.56 Å². The number of benzene rings is 2. The average Bonchev–Trinajstić information content (AvgIpc) is 2.56. The van der Waals surface area contributed by atoms with E-state index in [-0.39, 0.29) is 5.56 Å². The number of carbonyl (C=O) groups is 1. The Balaban J connectivity index is 1.77. The number of hydrogen-bond donors (Lipinski definition) is 1. The van der Waals surface area contributed by atoms with Crippen LogP contribution in [-0.4, -0.2) is 15.9 Å². The highest BCUT2D eigenvalue weighted by Gasteiger charge is 2.12. The predicted octanol–water partition coefficient (Wildman–Crippen LogP) is 4.30. The van der Waals surface area contributed by atoms with Crippen LogP contribution in [0.1, 0.15) is 10.4 Å². The van der Waals surface area contributed by atoms with Gasteiger partial charge in [0.15, 0.2) is 5.82 Å². The Hall–Kier alpha value is -2.60. The molecular formula is C17H11BrFN3O. The van der Waals surface area contributed by atoms with Crippen molar-refractivity contribution < 1.29 is 9.18 Å². The topological polar surface area (TPSA) is 54.9 Å². The van der Waals surface area contributed by atoms with E-state index in [0.29, 0.717) is 16.0 Å². The van der Waals surface area contributed by atoms with Crippen molar-refractivity contribution in [2.45, 2.75) is 0 Å². The van der Waals surface area contributed by atoms with Crippen molar-refractivity contribution in [2.24, 2.45) is 0 Å². The van der Waals surface area contributed by atoms with Crippen LogP contribution >= 0.6 is 15.9 Å². The molecule has 1 heterocycles. The van der Waals surface area contributed by atoms with Gasteiger partial charge in [0.1, 0.15) is 5.82 Å². The molecule has 6 heteroatoms. The third-order valence-corrected chi connectivity index (χ3v) is 3.61. The van der Waals surface area contributed by atoms with Gasteiger partial charge in [-0.2, -0.15) is 0 Å². The number of hydrogen-bond acceptors (Lipinski definition) is 3. The van der Waals surface area contributed by atoms with Crippen LogP contribution in [0, 0.1) is 5.82 Å². The maximum Gasteiger partial charge on any atom is 0.258 e. The lowest BCUT2D eigenvalue weighted by molar-refractivity contribution is 0.102. The second-order valence-corrected chi connectivity index (χ2v) is 5.66. The van der Waals surface area contributed by atoms with Gasteiger partial charge >= 0.3 is 0 Å². The zero-order valence-corrected chi connectivity index (χ0v) is 13.4. The minimum atomic E-state index is -0.598. The van der Waals surface area contributed by atoms with Crippen molar-refractivity contribution in [3.8, 4) is 11.4 Å². The second kappa shape index (κ2) is 6.66. The smallest absolute Gasteiger partial charge is 0.258 e. The molecule has 0 spiro atoms. The summed E-state index contributed by atoms with van der Waals surface area (Å²) in [5.74, 6) is -0.594. The fourth-order valence-electron chi connectivity index (χ4n) is 2.00. The molecule has 3 rings (SSSR count). The number of carbonyl (C=O) groups excluding carboxylic acids is 1. The Morgan fingerprint density at radius 1 is 1.04 bits per heavy atom. The zero-order valence-electron chi connectivity index (χ0n) is 11.8. The number of amides is 1. The van der Waals surface area contributed by atoms with Gasteiger partial charge in [-0.15, -0.1) is 0 Å². The molecule has 0 fully saturated rings. The maximum absolute atomic E-state index is 13.8. The number of rotatable bonds is 3. The van der Waals surface area contributed by atoms with Crippen molar-refractivity contribution in [1.29, 1.82) is 0 Å². The summed E-state index contributed by atoms with van der Waals surface area (Å²) in [6.45, 7) is 0. The van der Waals surface area contributed by atoms with E-state index in [1.807, 2.05) is 30.3 Å².